The number of aromatic nitrogens is 1. The van der Waals surface area contributed by atoms with Crippen molar-refractivity contribution in [2.45, 2.75) is 18.9 Å². The van der Waals surface area contributed by atoms with E-state index in [0.29, 0.717) is 11.8 Å². The van der Waals surface area contributed by atoms with Crippen LogP contribution < -0.4 is 16.0 Å². The molecule has 94 valence electrons. The third-order valence-corrected chi connectivity index (χ3v) is 3.25. The Morgan fingerprint density at radius 3 is 2.94 bits per heavy atom. The molecule has 0 saturated carbocycles. The topological polar surface area (TPSA) is 69.4 Å². The van der Waals surface area contributed by atoms with Crippen molar-refractivity contribution in [3.63, 3.8) is 0 Å². The van der Waals surface area contributed by atoms with Gasteiger partial charge in [-0.25, -0.2) is 4.98 Å². The van der Waals surface area contributed by atoms with Crippen LogP contribution in [0.25, 0.3) is 0 Å². The number of hydrogen-bond donors (Lipinski definition) is 2. The highest BCUT2D eigenvalue weighted by Gasteiger charge is 2.27. The number of rotatable bonds is 4. The molecule has 0 bridgehead atoms. The van der Waals surface area contributed by atoms with Gasteiger partial charge in [0.1, 0.15) is 0 Å². The van der Waals surface area contributed by atoms with Crippen LogP contribution in [-0.2, 0) is 4.74 Å². The first-order valence-electron chi connectivity index (χ1n) is 5.89. The fourth-order valence-electron chi connectivity index (χ4n) is 2.34. The Bertz CT molecular complexity index is 353. The molecule has 1 aromatic rings. The first kappa shape index (κ1) is 12.3. The Kier molecular flexibility index (Phi) is 4.30. The van der Waals surface area contributed by atoms with Gasteiger partial charge in [0.2, 0.25) is 5.88 Å². The van der Waals surface area contributed by atoms with E-state index in [1.165, 1.54) is 0 Å². The predicted molar refractivity (Wildman–Crippen MR) is 64.4 cm³/mol. The molecule has 1 aliphatic rings. The molecule has 1 saturated heterocycles. The van der Waals surface area contributed by atoms with E-state index >= 15 is 0 Å². The Morgan fingerprint density at radius 1 is 1.53 bits per heavy atom. The summed E-state index contributed by atoms with van der Waals surface area (Å²) in [7, 11) is 1.63. The number of pyridine rings is 1. The molecule has 1 atom stereocenters. The lowest BCUT2D eigenvalue weighted by atomic mass is 9.88. The van der Waals surface area contributed by atoms with Gasteiger partial charge in [-0.15, -0.1) is 0 Å². The van der Waals surface area contributed by atoms with Crippen molar-refractivity contribution >= 4 is 0 Å². The number of nitrogens with one attached hydrogen (secondary N) is 1. The van der Waals surface area contributed by atoms with Crippen LogP contribution in [0.5, 0.6) is 5.88 Å². The van der Waals surface area contributed by atoms with Crippen LogP contribution in [0.2, 0.25) is 0 Å². The van der Waals surface area contributed by atoms with E-state index in [0.717, 1.165) is 31.6 Å². The SMILES string of the molecule is COc1ncccc1C(NN)C1CCOCC1. The maximum absolute atomic E-state index is 5.69. The number of methoxy groups -OCH3 is 1. The molecule has 1 aromatic heterocycles. The van der Waals surface area contributed by atoms with E-state index in [9.17, 15) is 0 Å². The van der Waals surface area contributed by atoms with Gasteiger partial charge >= 0.3 is 0 Å². The van der Waals surface area contributed by atoms with Crippen LogP contribution in [0.1, 0.15) is 24.4 Å². The third-order valence-electron chi connectivity index (χ3n) is 3.25. The minimum absolute atomic E-state index is 0.0718. The smallest absolute Gasteiger partial charge is 0.217 e. The van der Waals surface area contributed by atoms with Crippen LogP contribution in [0.4, 0.5) is 0 Å². The molecule has 5 nitrogen and oxygen atoms in total. The van der Waals surface area contributed by atoms with Crippen LogP contribution in [0.3, 0.4) is 0 Å². The lowest BCUT2D eigenvalue weighted by Gasteiger charge is -2.30. The first-order valence-corrected chi connectivity index (χ1v) is 5.89. The van der Waals surface area contributed by atoms with Gasteiger partial charge in [-0.05, 0) is 24.8 Å². The molecule has 1 fully saturated rings. The van der Waals surface area contributed by atoms with Crippen molar-refractivity contribution < 1.29 is 9.47 Å². The second-order valence-electron chi connectivity index (χ2n) is 4.20. The van der Waals surface area contributed by atoms with Crippen LogP contribution in [-0.4, -0.2) is 25.3 Å². The second kappa shape index (κ2) is 5.95. The zero-order valence-electron chi connectivity index (χ0n) is 10.1. The van der Waals surface area contributed by atoms with Gasteiger partial charge in [-0.3, -0.25) is 11.3 Å². The van der Waals surface area contributed by atoms with Gasteiger partial charge in [-0.2, -0.15) is 0 Å². The standard InChI is InChI=1S/C12H19N3O2/c1-16-12-10(3-2-6-14-12)11(15-13)9-4-7-17-8-5-9/h2-3,6,9,11,15H,4-5,7-8,13H2,1H3. The summed E-state index contributed by atoms with van der Waals surface area (Å²) in [5, 5.41) is 0. The average molecular weight is 237 g/mol. The van der Waals surface area contributed by atoms with Gasteiger partial charge in [0.15, 0.2) is 0 Å². The van der Waals surface area contributed by atoms with Crippen molar-refractivity contribution in [1.82, 2.24) is 10.4 Å². The molecular weight excluding hydrogens is 218 g/mol. The Morgan fingerprint density at radius 2 is 2.29 bits per heavy atom. The van der Waals surface area contributed by atoms with Gasteiger partial charge in [0, 0.05) is 25.0 Å². The number of ether oxygens (including phenoxy) is 2. The summed E-state index contributed by atoms with van der Waals surface area (Å²) < 4.78 is 10.7. The molecule has 2 rings (SSSR count). The van der Waals surface area contributed by atoms with Crippen molar-refractivity contribution in [3.05, 3.63) is 23.9 Å². The van der Waals surface area contributed by atoms with E-state index < -0.39 is 0 Å². The molecule has 0 radical (unpaired) electrons. The van der Waals surface area contributed by atoms with Crippen molar-refractivity contribution in [3.8, 4) is 5.88 Å². The maximum Gasteiger partial charge on any atom is 0.217 e. The molecule has 0 aliphatic carbocycles. The maximum atomic E-state index is 5.69. The van der Waals surface area contributed by atoms with Crippen molar-refractivity contribution in [1.29, 1.82) is 0 Å². The average Bonchev–Trinajstić information content (AvgIpc) is 2.41. The van der Waals surface area contributed by atoms with Crippen molar-refractivity contribution in [2.75, 3.05) is 20.3 Å². The largest absolute Gasteiger partial charge is 0.481 e. The third kappa shape index (κ3) is 2.74. The first-order chi connectivity index (χ1) is 8.36. The molecule has 1 unspecified atom stereocenters. The molecule has 1 aliphatic heterocycles. The molecule has 2 heterocycles. The van der Waals surface area contributed by atoms with Crippen LogP contribution >= 0.6 is 0 Å². The molecule has 0 amide bonds. The number of nitrogens with zero attached hydrogens (tertiary/aromatic N) is 1. The minimum Gasteiger partial charge on any atom is -0.481 e. The van der Waals surface area contributed by atoms with Crippen molar-refractivity contribution in [2.24, 2.45) is 11.8 Å². The Hall–Kier alpha value is -1.17. The van der Waals surface area contributed by atoms with Gasteiger partial charge in [0.05, 0.1) is 13.2 Å². The summed E-state index contributed by atoms with van der Waals surface area (Å²) in [6, 6.07) is 3.98. The summed E-state index contributed by atoms with van der Waals surface area (Å²) >= 11 is 0. The minimum atomic E-state index is 0.0718. The van der Waals surface area contributed by atoms with E-state index in [4.69, 9.17) is 15.3 Å². The molecule has 5 heteroatoms. The van der Waals surface area contributed by atoms with E-state index in [-0.39, 0.29) is 6.04 Å². The van der Waals surface area contributed by atoms with E-state index in [1.54, 1.807) is 13.3 Å². The highest BCUT2D eigenvalue weighted by atomic mass is 16.5. The van der Waals surface area contributed by atoms with Gasteiger partial charge in [-0.1, -0.05) is 6.07 Å². The molecule has 3 N–H and O–H groups in total. The normalized spacial score (nSPS) is 18.9. The number of hydrogen-bond acceptors (Lipinski definition) is 5. The Balaban J connectivity index is 2.21. The van der Waals surface area contributed by atoms with Crippen LogP contribution in [0.15, 0.2) is 18.3 Å². The van der Waals surface area contributed by atoms with E-state index in [2.05, 4.69) is 10.4 Å². The van der Waals surface area contributed by atoms with E-state index in [1.807, 2.05) is 12.1 Å². The lowest BCUT2D eigenvalue weighted by Crippen LogP contribution is -2.36. The fraction of sp³-hybridized carbons (Fsp3) is 0.583. The molecule has 0 aromatic carbocycles. The highest BCUT2D eigenvalue weighted by Crippen LogP contribution is 2.33. The predicted octanol–water partition coefficient (Wildman–Crippen LogP) is 1.02. The summed E-state index contributed by atoms with van der Waals surface area (Å²) in [6.45, 7) is 1.59. The lowest BCUT2D eigenvalue weighted by molar-refractivity contribution is 0.0532. The molecule has 0 spiro atoms. The van der Waals surface area contributed by atoms with Gasteiger partial charge in [0.25, 0.3) is 0 Å². The molecular formula is C12H19N3O2. The van der Waals surface area contributed by atoms with Crippen LogP contribution in [0, 0.1) is 5.92 Å². The molecule has 17 heavy (non-hydrogen) atoms. The summed E-state index contributed by atoms with van der Waals surface area (Å²) in [5.74, 6) is 6.79. The Labute approximate surface area is 101 Å². The van der Waals surface area contributed by atoms with Gasteiger partial charge < -0.3 is 9.47 Å². The monoisotopic (exact) mass is 237 g/mol. The zero-order valence-corrected chi connectivity index (χ0v) is 10.1. The summed E-state index contributed by atoms with van der Waals surface area (Å²) in [4.78, 5) is 4.21. The quantitative estimate of drug-likeness (QED) is 0.604. The summed E-state index contributed by atoms with van der Waals surface area (Å²) in [5.41, 5.74) is 3.91. The number of hydrazine groups is 1. The summed E-state index contributed by atoms with van der Waals surface area (Å²) in [6.07, 6.45) is 3.74. The highest BCUT2D eigenvalue weighted by molar-refractivity contribution is 5.29. The number of nitrogens with two attached hydrogens (primary N) is 1. The zero-order chi connectivity index (χ0) is 12.1. The fourth-order valence-corrected chi connectivity index (χ4v) is 2.34. The second-order valence-corrected chi connectivity index (χ2v) is 4.20.